The number of nitrogens with one attached hydrogen (secondary N) is 1. The predicted molar refractivity (Wildman–Crippen MR) is 85.2 cm³/mol. The van der Waals surface area contributed by atoms with Gasteiger partial charge in [-0.2, -0.15) is 5.10 Å². The van der Waals surface area contributed by atoms with Gasteiger partial charge in [0.15, 0.2) is 0 Å². The number of rotatable bonds is 5. The van der Waals surface area contributed by atoms with Crippen molar-refractivity contribution < 1.29 is 0 Å². The van der Waals surface area contributed by atoms with Crippen LogP contribution in [-0.4, -0.2) is 40.4 Å². The first-order chi connectivity index (χ1) is 9.63. The van der Waals surface area contributed by atoms with Crippen LogP contribution in [0.3, 0.4) is 0 Å². The zero-order valence-corrected chi connectivity index (χ0v) is 13.8. The van der Waals surface area contributed by atoms with Crippen molar-refractivity contribution in [2.75, 3.05) is 25.0 Å². The van der Waals surface area contributed by atoms with Crippen LogP contribution < -0.4 is 10.9 Å². The van der Waals surface area contributed by atoms with Crippen molar-refractivity contribution in [1.82, 2.24) is 14.7 Å². The molecule has 0 amide bonds. The summed E-state index contributed by atoms with van der Waals surface area (Å²) >= 11 is 3.37. The van der Waals surface area contributed by atoms with E-state index in [0.717, 1.165) is 12.2 Å². The van der Waals surface area contributed by atoms with E-state index in [1.165, 1.54) is 37.0 Å². The molecule has 20 heavy (non-hydrogen) atoms. The van der Waals surface area contributed by atoms with Gasteiger partial charge in [0.25, 0.3) is 5.56 Å². The first-order valence-corrected chi connectivity index (χ1v) is 8.16. The highest BCUT2D eigenvalue weighted by molar-refractivity contribution is 9.10. The van der Waals surface area contributed by atoms with E-state index in [9.17, 15) is 4.79 Å². The molecule has 1 aliphatic heterocycles. The van der Waals surface area contributed by atoms with Crippen molar-refractivity contribution in [3.63, 3.8) is 0 Å². The first-order valence-electron chi connectivity index (χ1n) is 7.37. The molecule has 1 aliphatic rings. The standard InChI is InChI=1S/C14H23BrN4O/c1-3-19-14(20)13(15)12(10-17-19)16-9-11(2)18-7-5-4-6-8-18/h10-11,16H,3-9H2,1-2H3. The molecule has 112 valence electrons. The topological polar surface area (TPSA) is 50.2 Å². The Balaban J connectivity index is 1.96. The van der Waals surface area contributed by atoms with Crippen molar-refractivity contribution in [3.05, 3.63) is 21.0 Å². The minimum absolute atomic E-state index is 0.0804. The van der Waals surface area contributed by atoms with Crippen molar-refractivity contribution in [2.45, 2.75) is 45.7 Å². The smallest absolute Gasteiger partial charge is 0.283 e. The number of piperidine rings is 1. The Morgan fingerprint density at radius 3 is 2.75 bits per heavy atom. The van der Waals surface area contributed by atoms with Crippen LogP contribution in [0.1, 0.15) is 33.1 Å². The molecule has 1 aromatic rings. The van der Waals surface area contributed by atoms with Gasteiger partial charge in [-0.15, -0.1) is 0 Å². The van der Waals surface area contributed by atoms with Crippen LogP contribution >= 0.6 is 15.9 Å². The Hall–Kier alpha value is -0.880. The average Bonchev–Trinajstić information content (AvgIpc) is 2.49. The van der Waals surface area contributed by atoms with E-state index < -0.39 is 0 Å². The van der Waals surface area contributed by atoms with Crippen LogP contribution in [0.2, 0.25) is 0 Å². The molecule has 0 spiro atoms. The monoisotopic (exact) mass is 342 g/mol. The van der Waals surface area contributed by atoms with Crippen molar-refractivity contribution in [1.29, 1.82) is 0 Å². The summed E-state index contributed by atoms with van der Waals surface area (Å²) < 4.78 is 2.02. The highest BCUT2D eigenvalue weighted by atomic mass is 79.9. The van der Waals surface area contributed by atoms with Gasteiger partial charge in [0.1, 0.15) is 4.47 Å². The molecule has 0 saturated carbocycles. The fourth-order valence-electron chi connectivity index (χ4n) is 2.56. The molecule has 0 radical (unpaired) electrons. The van der Waals surface area contributed by atoms with Crippen molar-refractivity contribution in [3.8, 4) is 0 Å². The molecule has 0 bridgehead atoms. The van der Waals surface area contributed by atoms with Crippen LogP contribution in [0.4, 0.5) is 5.69 Å². The molecule has 0 aromatic carbocycles. The molecule has 2 rings (SSSR count). The maximum Gasteiger partial charge on any atom is 0.283 e. The summed E-state index contributed by atoms with van der Waals surface area (Å²) in [5.41, 5.74) is 0.701. The molecule has 1 atom stereocenters. The molecule has 5 nitrogen and oxygen atoms in total. The fourth-order valence-corrected chi connectivity index (χ4v) is 3.01. The van der Waals surface area contributed by atoms with Crippen LogP contribution in [0.25, 0.3) is 0 Å². The van der Waals surface area contributed by atoms with Gasteiger partial charge in [-0.3, -0.25) is 9.69 Å². The third-order valence-electron chi connectivity index (χ3n) is 3.89. The van der Waals surface area contributed by atoms with Crippen LogP contribution in [0, 0.1) is 0 Å². The van der Waals surface area contributed by atoms with Crippen LogP contribution in [0.15, 0.2) is 15.5 Å². The maximum absolute atomic E-state index is 12.0. The number of hydrogen-bond acceptors (Lipinski definition) is 4. The van der Waals surface area contributed by atoms with Crippen LogP contribution in [0.5, 0.6) is 0 Å². The lowest BCUT2D eigenvalue weighted by molar-refractivity contribution is 0.180. The summed E-state index contributed by atoms with van der Waals surface area (Å²) in [6, 6.07) is 0.468. The van der Waals surface area contributed by atoms with Gasteiger partial charge in [0.05, 0.1) is 11.9 Å². The Morgan fingerprint density at radius 1 is 1.40 bits per heavy atom. The van der Waals surface area contributed by atoms with Crippen LogP contribution in [-0.2, 0) is 6.54 Å². The van der Waals surface area contributed by atoms with E-state index in [0.29, 0.717) is 17.1 Å². The van der Waals surface area contributed by atoms with E-state index in [-0.39, 0.29) is 5.56 Å². The lowest BCUT2D eigenvalue weighted by Crippen LogP contribution is -2.41. The van der Waals surface area contributed by atoms with Gasteiger partial charge in [0.2, 0.25) is 0 Å². The highest BCUT2D eigenvalue weighted by Crippen LogP contribution is 2.17. The van der Waals surface area contributed by atoms with Crippen molar-refractivity contribution >= 4 is 21.6 Å². The normalized spacial score (nSPS) is 17.9. The molecule has 2 heterocycles. The molecule has 1 aromatic heterocycles. The molecule has 1 fully saturated rings. The molecule has 6 heteroatoms. The summed E-state index contributed by atoms with van der Waals surface area (Å²) in [6.45, 7) is 7.91. The van der Waals surface area contributed by atoms with Crippen molar-refractivity contribution in [2.24, 2.45) is 0 Å². The minimum atomic E-state index is -0.0804. The second kappa shape index (κ2) is 7.22. The first kappa shape index (κ1) is 15.5. The second-order valence-corrected chi connectivity index (χ2v) is 6.11. The fraction of sp³-hybridized carbons (Fsp3) is 0.714. The molecular formula is C14H23BrN4O. The number of aryl methyl sites for hydroxylation is 1. The third kappa shape index (κ3) is 3.61. The number of likely N-dealkylation sites (tertiary alicyclic amines) is 1. The summed E-state index contributed by atoms with van der Waals surface area (Å²) in [5.74, 6) is 0. The quantitative estimate of drug-likeness (QED) is 0.891. The molecule has 1 saturated heterocycles. The number of halogens is 1. The number of aromatic nitrogens is 2. The van der Waals surface area contributed by atoms with Gasteiger partial charge < -0.3 is 5.32 Å². The lowest BCUT2D eigenvalue weighted by Gasteiger charge is -2.32. The zero-order valence-electron chi connectivity index (χ0n) is 12.2. The number of hydrogen-bond donors (Lipinski definition) is 1. The average molecular weight is 343 g/mol. The lowest BCUT2D eigenvalue weighted by atomic mass is 10.1. The van der Waals surface area contributed by atoms with Gasteiger partial charge >= 0.3 is 0 Å². The summed E-state index contributed by atoms with van der Waals surface area (Å²) in [5, 5.41) is 7.48. The summed E-state index contributed by atoms with van der Waals surface area (Å²) in [4.78, 5) is 14.5. The Kier molecular flexibility index (Phi) is 5.60. The van der Waals surface area contributed by atoms with Gasteiger partial charge in [0, 0.05) is 19.1 Å². The predicted octanol–water partition coefficient (Wildman–Crippen LogP) is 2.31. The van der Waals surface area contributed by atoms with E-state index in [1.54, 1.807) is 6.20 Å². The Morgan fingerprint density at radius 2 is 2.10 bits per heavy atom. The van der Waals surface area contributed by atoms with E-state index in [2.05, 4.69) is 38.2 Å². The number of nitrogens with zero attached hydrogens (tertiary/aromatic N) is 3. The summed E-state index contributed by atoms with van der Waals surface area (Å²) in [7, 11) is 0. The molecule has 1 unspecified atom stereocenters. The van der Waals surface area contributed by atoms with E-state index in [1.807, 2.05) is 6.92 Å². The zero-order chi connectivity index (χ0) is 14.5. The minimum Gasteiger partial charge on any atom is -0.381 e. The Labute approximate surface area is 128 Å². The summed E-state index contributed by atoms with van der Waals surface area (Å²) in [6.07, 6.45) is 5.66. The molecule has 1 N–H and O–H groups in total. The van der Waals surface area contributed by atoms with Gasteiger partial charge in [-0.05, 0) is 55.7 Å². The van der Waals surface area contributed by atoms with E-state index in [4.69, 9.17) is 0 Å². The molecule has 0 aliphatic carbocycles. The van der Waals surface area contributed by atoms with Gasteiger partial charge in [-0.1, -0.05) is 6.42 Å². The highest BCUT2D eigenvalue weighted by Gasteiger charge is 2.17. The molecular weight excluding hydrogens is 320 g/mol. The number of anilines is 1. The van der Waals surface area contributed by atoms with Gasteiger partial charge in [-0.25, -0.2) is 4.68 Å². The SMILES string of the molecule is CCn1ncc(NCC(C)N2CCCCC2)c(Br)c1=O. The largest absolute Gasteiger partial charge is 0.381 e. The second-order valence-electron chi connectivity index (χ2n) is 5.32. The third-order valence-corrected chi connectivity index (χ3v) is 4.65. The van der Waals surface area contributed by atoms with E-state index >= 15 is 0 Å². The maximum atomic E-state index is 12.0. The Bertz CT molecular complexity index is 496.